The van der Waals surface area contributed by atoms with Crippen LogP contribution in [0.5, 0.6) is 0 Å². The Morgan fingerprint density at radius 2 is 1.67 bits per heavy atom. The van der Waals surface area contributed by atoms with Gasteiger partial charge in [-0.3, -0.25) is 9.59 Å². The molecule has 0 radical (unpaired) electrons. The fourth-order valence-electron chi connectivity index (χ4n) is 6.05. The van der Waals surface area contributed by atoms with Crippen LogP contribution < -0.4 is 11.0 Å². The van der Waals surface area contributed by atoms with Gasteiger partial charge < -0.3 is 0 Å². The largest absolute Gasteiger partial charge is 0.435 e. The number of hydrogen-bond donors (Lipinski definition) is 1. The van der Waals surface area contributed by atoms with Gasteiger partial charge in [0, 0.05) is 10.1 Å². The lowest BCUT2D eigenvalue weighted by Crippen LogP contribution is -2.49. The van der Waals surface area contributed by atoms with E-state index in [1.165, 1.54) is 43.5 Å². The molecule has 1 heterocycles. The number of halogens is 3. The van der Waals surface area contributed by atoms with Crippen molar-refractivity contribution >= 4 is 28.4 Å². The number of amides is 1. The first-order valence-electron chi connectivity index (χ1n) is 10.3. The molecule has 4 bridgehead atoms. The third kappa shape index (κ3) is 3.50. The molecule has 0 unspecified atom stereocenters. The lowest BCUT2D eigenvalue weighted by molar-refractivity contribution is -0.141. The van der Waals surface area contributed by atoms with Crippen LogP contribution in [0.1, 0.15) is 44.2 Å². The van der Waals surface area contributed by atoms with Crippen molar-refractivity contribution < 1.29 is 18.0 Å². The zero-order valence-electron chi connectivity index (χ0n) is 16.2. The van der Waals surface area contributed by atoms with Gasteiger partial charge in [0.25, 0.3) is 5.56 Å². The first kappa shape index (κ1) is 19.9. The molecule has 6 rings (SSSR count). The average molecular weight is 437 g/mol. The van der Waals surface area contributed by atoms with Gasteiger partial charge in [-0.2, -0.15) is 13.2 Å². The highest BCUT2D eigenvalue weighted by molar-refractivity contribution is 8.01. The summed E-state index contributed by atoms with van der Waals surface area (Å²) in [6.07, 6.45) is 2.48. The molecule has 160 valence electrons. The summed E-state index contributed by atoms with van der Waals surface area (Å²) in [6.45, 7) is 0. The van der Waals surface area contributed by atoms with E-state index in [0.29, 0.717) is 4.79 Å². The maximum absolute atomic E-state index is 13.4. The molecule has 4 saturated carbocycles. The molecule has 4 fully saturated rings. The van der Waals surface area contributed by atoms with Crippen molar-refractivity contribution in [2.45, 2.75) is 49.4 Å². The molecule has 1 amide bonds. The molecule has 1 N–H and O–H groups in total. The number of carbonyl (C=O) groups is 1. The number of hydrogen-bond acceptors (Lipinski definition) is 4. The molecule has 5 nitrogen and oxygen atoms in total. The van der Waals surface area contributed by atoms with E-state index in [1.54, 1.807) is 11.8 Å². The second kappa shape index (κ2) is 7.00. The van der Waals surface area contributed by atoms with Crippen molar-refractivity contribution in [3.05, 3.63) is 40.3 Å². The highest BCUT2D eigenvalue weighted by Gasteiger charge is 2.51. The minimum Gasteiger partial charge on any atom is -0.272 e. The average Bonchev–Trinajstić information content (AvgIpc) is 2.67. The van der Waals surface area contributed by atoms with Crippen LogP contribution >= 0.6 is 11.8 Å². The minimum atomic E-state index is -4.74. The highest BCUT2D eigenvalue weighted by Crippen LogP contribution is 2.60. The Kier molecular flexibility index (Phi) is 4.65. The number of benzene rings is 1. The standard InChI is InChI=1S/C21H22F3N3O2S/c22-21(23,24)18-15-3-1-2-4-16(15)19(29)27(26-18)25-17(28)11-30-20-8-12-5-13(9-20)7-14(6-12)10-20/h1-4,12-14H,5-11H2,(H,25,28). The van der Waals surface area contributed by atoms with Gasteiger partial charge in [0.1, 0.15) is 0 Å². The number of aromatic nitrogens is 2. The third-order valence-electron chi connectivity index (χ3n) is 6.80. The van der Waals surface area contributed by atoms with Crippen LogP contribution in [0, 0.1) is 17.8 Å². The van der Waals surface area contributed by atoms with Crippen molar-refractivity contribution in [1.82, 2.24) is 9.89 Å². The maximum atomic E-state index is 13.4. The van der Waals surface area contributed by atoms with Gasteiger partial charge >= 0.3 is 6.18 Å². The Balaban J connectivity index is 1.35. The van der Waals surface area contributed by atoms with Crippen LogP contribution in [0.15, 0.2) is 29.1 Å². The van der Waals surface area contributed by atoms with E-state index in [1.807, 2.05) is 0 Å². The molecular formula is C21H22F3N3O2S. The van der Waals surface area contributed by atoms with E-state index in [9.17, 15) is 22.8 Å². The SMILES string of the molecule is O=C(CSC12CC3CC(CC(C3)C1)C2)Nn1nc(C(F)(F)F)c2ccccc2c1=O. The quantitative estimate of drug-likeness (QED) is 0.779. The van der Waals surface area contributed by atoms with Gasteiger partial charge in [-0.05, 0) is 62.3 Å². The second-order valence-electron chi connectivity index (χ2n) is 9.03. The molecule has 0 atom stereocenters. The number of thioether (sulfide) groups is 1. The molecular weight excluding hydrogens is 415 g/mol. The lowest BCUT2D eigenvalue weighted by Gasteiger charge is -2.56. The Morgan fingerprint density at radius 3 is 2.23 bits per heavy atom. The van der Waals surface area contributed by atoms with Crippen molar-refractivity contribution in [2.75, 3.05) is 11.2 Å². The molecule has 2 aromatic rings. The van der Waals surface area contributed by atoms with E-state index < -0.39 is 23.3 Å². The summed E-state index contributed by atoms with van der Waals surface area (Å²) >= 11 is 1.60. The van der Waals surface area contributed by atoms with E-state index in [0.717, 1.165) is 37.0 Å². The molecule has 1 aromatic heterocycles. The fourth-order valence-corrected chi connectivity index (χ4v) is 7.61. The third-order valence-corrected chi connectivity index (χ3v) is 8.31. The Hall–Kier alpha value is -2.03. The van der Waals surface area contributed by atoms with Crippen LogP contribution in [-0.4, -0.2) is 26.3 Å². The van der Waals surface area contributed by atoms with E-state index in [2.05, 4.69) is 10.5 Å². The van der Waals surface area contributed by atoms with Crippen LogP contribution in [0.2, 0.25) is 0 Å². The monoisotopic (exact) mass is 437 g/mol. The molecule has 1 aromatic carbocycles. The Bertz CT molecular complexity index is 1030. The van der Waals surface area contributed by atoms with Crippen LogP contribution in [0.3, 0.4) is 0 Å². The number of rotatable bonds is 4. The van der Waals surface area contributed by atoms with E-state index in [4.69, 9.17) is 0 Å². The maximum Gasteiger partial charge on any atom is 0.435 e. The van der Waals surface area contributed by atoms with Gasteiger partial charge in [-0.15, -0.1) is 21.7 Å². The number of alkyl halides is 3. The van der Waals surface area contributed by atoms with Crippen LogP contribution in [0.25, 0.3) is 10.8 Å². The first-order valence-corrected chi connectivity index (χ1v) is 11.2. The summed E-state index contributed by atoms with van der Waals surface area (Å²) in [5.74, 6) is 1.82. The second-order valence-corrected chi connectivity index (χ2v) is 10.5. The van der Waals surface area contributed by atoms with Crippen LogP contribution in [0.4, 0.5) is 13.2 Å². The molecule has 0 saturated heterocycles. The molecule has 9 heteroatoms. The topological polar surface area (TPSA) is 64.0 Å². The smallest absolute Gasteiger partial charge is 0.272 e. The number of nitrogens with one attached hydrogen (secondary N) is 1. The zero-order chi connectivity index (χ0) is 21.1. The van der Waals surface area contributed by atoms with Gasteiger partial charge in [0.15, 0.2) is 5.69 Å². The molecule has 30 heavy (non-hydrogen) atoms. The molecule has 4 aliphatic rings. The Morgan fingerprint density at radius 1 is 1.10 bits per heavy atom. The van der Waals surface area contributed by atoms with Gasteiger partial charge in [-0.25, -0.2) is 5.43 Å². The van der Waals surface area contributed by atoms with E-state index >= 15 is 0 Å². The van der Waals surface area contributed by atoms with Crippen molar-refractivity contribution in [3.63, 3.8) is 0 Å². The van der Waals surface area contributed by atoms with Crippen molar-refractivity contribution in [1.29, 1.82) is 0 Å². The molecule has 0 spiro atoms. The summed E-state index contributed by atoms with van der Waals surface area (Å²) in [5.41, 5.74) is 0.321. The number of fused-ring (bicyclic) bond motifs is 1. The van der Waals surface area contributed by atoms with Crippen molar-refractivity contribution in [3.8, 4) is 0 Å². The van der Waals surface area contributed by atoms with Gasteiger partial charge in [0.2, 0.25) is 5.91 Å². The normalized spacial score (nSPS) is 30.0. The van der Waals surface area contributed by atoms with Gasteiger partial charge in [0.05, 0.1) is 11.1 Å². The summed E-state index contributed by atoms with van der Waals surface area (Å²) in [4.78, 5) is 25.6. The number of carbonyl (C=O) groups excluding carboxylic acids is 1. The predicted octanol–water partition coefficient (Wildman–Crippen LogP) is 4.19. The van der Waals surface area contributed by atoms with Gasteiger partial charge in [-0.1, -0.05) is 18.2 Å². The highest BCUT2D eigenvalue weighted by atomic mass is 32.2. The summed E-state index contributed by atoms with van der Waals surface area (Å²) in [5, 5.41) is 3.02. The van der Waals surface area contributed by atoms with E-state index in [-0.39, 0.29) is 21.3 Å². The number of nitrogens with zero attached hydrogens (tertiary/aromatic N) is 2. The summed E-state index contributed by atoms with van der Waals surface area (Å²) < 4.78 is 40.4. The molecule has 0 aliphatic heterocycles. The molecule has 4 aliphatic carbocycles. The zero-order valence-corrected chi connectivity index (χ0v) is 17.1. The van der Waals surface area contributed by atoms with Crippen LogP contribution in [-0.2, 0) is 11.0 Å². The summed E-state index contributed by atoms with van der Waals surface area (Å²) in [7, 11) is 0. The van der Waals surface area contributed by atoms with Crippen molar-refractivity contribution in [2.24, 2.45) is 17.8 Å². The minimum absolute atomic E-state index is 0.102. The predicted molar refractivity (Wildman–Crippen MR) is 109 cm³/mol. The first-order chi connectivity index (χ1) is 14.2. The Labute approximate surface area is 175 Å². The fraction of sp³-hybridized carbons (Fsp3) is 0.571. The summed E-state index contributed by atoms with van der Waals surface area (Å²) in [6, 6.07) is 5.42. The lowest BCUT2D eigenvalue weighted by atomic mass is 9.56.